The lowest BCUT2D eigenvalue weighted by molar-refractivity contribution is 0.889. The molecule has 1 aromatic heterocycles. The van der Waals surface area contributed by atoms with Crippen LogP contribution in [0.2, 0.25) is 0 Å². The van der Waals surface area contributed by atoms with Gasteiger partial charge in [0.25, 0.3) is 0 Å². The molecule has 1 aromatic rings. The number of hydrogen-bond acceptors (Lipinski definition) is 5. The Hall–Kier alpha value is -2.37. The lowest BCUT2D eigenvalue weighted by atomic mass is 10.2. The fourth-order valence-electron chi connectivity index (χ4n) is 2.56. The molecule has 0 N–H and O–H groups in total. The number of nitrogens with zero attached hydrogens (tertiary/aromatic N) is 6. The molecule has 0 unspecified atom stereocenters. The van der Waals surface area contributed by atoms with Crippen molar-refractivity contribution in [3.05, 3.63) is 17.7 Å². The molecule has 0 saturated carbocycles. The SMILES string of the molecule is Cc1ccc2nc(N(C)C)n(C)c2c2nc(N(C)C)nc1-2. The molecule has 0 spiro atoms. The van der Waals surface area contributed by atoms with Crippen molar-refractivity contribution in [3.8, 4) is 11.4 Å². The molecule has 1 aliphatic carbocycles. The highest BCUT2D eigenvalue weighted by molar-refractivity contribution is 5.92. The van der Waals surface area contributed by atoms with E-state index in [0.29, 0.717) is 0 Å². The Morgan fingerprint density at radius 2 is 1.57 bits per heavy atom. The standard InChI is InChI=1S/C15H20N6/c1-9-7-8-10-13(21(6)15(16-10)20(4)5)12-11(9)17-14(18-12)19(2)3/h7-8H,1-6H3. The lowest BCUT2D eigenvalue weighted by Gasteiger charge is -2.11. The number of rotatable bonds is 2. The summed E-state index contributed by atoms with van der Waals surface area (Å²) in [7, 11) is 9.91. The molecule has 0 fully saturated rings. The molecule has 6 heteroatoms. The Labute approximate surface area is 124 Å². The number of imidazole rings is 2. The summed E-state index contributed by atoms with van der Waals surface area (Å²) in [4.78, 5) is 18.0. The Morgan fingerprint density at radius 3 is 2.19 bits per heavy atom. The monoisotopic (exact) mass is 284 g/mol. The first-order valence-corrected chi connectivity index (χ1v) is 6.88. The second kappa shape index (κ2) is 4.58. The van der Waals surface area contributed by atoms with Gasteiger partial charge in [0.1, 0.15) is 5.69 Å². The van der Waals surface area contributed by atoms with Crippen LogP contribution in [0.3, 0.4) is 0 Å². The minimum atomic E-state index is 0.730. The van der Waals surface area contributed by atoms with Gasteiger partial charge < -0.3 is 14.4 Å². The van der Waals surface area contributed by atoms with E-state index in [1.165, 1.54) is 0 Å². The van der Waals surface area contributed by atoms with Crippen LogP contribution in [0.1, 0.15) is 5.56 Å². The summed E-state index contributed by atoms with van der Waals surface area (Å²) in [5.41, 5.74) is 4.89. The van der Waals surface area contributed by atoms with Crippen LogP contribution in [0.25, 0.3) is 22.4 Å². The van der Waals surface area contributed by atoms with Gasteiger partial charge in [-0.3, -0.25) is 0 Å². The average Bonchev–Trinajstić information content (AvgIpc) is 2.94. The number of hydrogen-bond donors (Lipinski definition) is 0. The Balaban J connectivity index is 2.43. The molecule has 1 aliphatic heterocycles. The van der Waals surface area contributed by atoms with Gasteiger partial charge in [0.05, 0.1) is 16.7 Å². The fraction of sp³-hybridized carbons (Fsp3) is 0.400. The molecule has 0 amide bonds. The van der Waals surface area contributed by atoms with Gasteiger partial charge in [-0.2, -0.15) is 0 Å². The molecule has 6 nitrogen and oxygen atoms in total. The number of anilines is 2. The lowest BCUT2D eigenvalue weighted by Crippen LogP contribution is -2.13. The molecule has 2 heterocycles. The van der Waals surface area contributed by atoms with Gasteiger partial charge >= 0.3 is 0 Å². The van der Waals surface area contributed by atoms with E-state index < -0.39 is 0 Å². The minimum Gasteiger partial charge on any atom is -0.348 e. The first-order valence-electron chi connectivity index (χ1n) is 6.88. The minimum absolute atomic E-state index is 0.730. The second-order valence-corrected chi connectivity index (χ2v) is 5.73. The van der Waals surface area contributed by atoms with E-state index in [9.17, 15) is 0 Å². The largest absolute Gasteiger partial charge is 0.348 e. The summed E-state index contributed by atoms with van der Waals surface area (Å²) < 4.78 is 2.07. The van der Waals surface area contributed by atoms with E-state index in [1.807, 2.05) is 51.1 Å². The van der Waals surface area contributed by atoms with Crippen LogP contribution in [-0.2, 0) is 7.05 Å². The molecule has 0 bridgehead atoms. The predicted octanol–water partition coefficient (Wildman–Crippen LogP) is 1.91. The van der Waals surface area contributed by atoms with Crippen molar-refractivity contribution < 1.29 is 0 Å². The maximum absolute atomic E-state index is 4.71. The van der Waals surface area contributed by atoms with Crippen molar-refractivity contribution in [1.82, 2.24) is 19.5 Å². The summed E-state index contributed by atoms with van der Waals surface area (Å²) >= 11 is 0. The molecule has 110 valence electrons. The maximum Gasteiger partial charge on any atom is 0.226 e. The number of aromatic nitrogens is 4. The van der Waals surface area contributed by atoms with E-state index in [1.54, 1.807) is 0 Å². The first kappa shape index (κ1) is 13.6. The normalized spacial score (nSPS) is 11.3. The van der Waals surface area contributed by atoms with E-state index >= 15 is 0 Å². The Morgan fingerprint density at radius 1 is 0.905 bits per heavy atom. The van der Waals surface area contributed by atoms with Gasteiger partial charge in [-0.1, -0.05) is 6.07 Å². The number of fused-ring (bicyclic) bond motifs is 3. The third kappa shape index (κ3) is 1.98. The second-order valence-electron chi connectivity index (χ2n) is 5.73. The van der Waals surface area contributed by atoms with Gasteiger partial charge in [-0.15, -0.1) is 0 Å². The quantitative estimate of drug-likeness (QED) is 0.719. The molecule has 0 aromatic carbocycles. The zero-order chi connectivity index (χ0) is 15.3. The van der Waals surface area contributed by atoms with Crippen LogP contribution in [-0.4, -0.2) is 47.7 Å². The zero-order valence-corrected chi connectivity index (χ0v) is 13.3. The van der Waals surface area contributed by atoms with Gasteiger partial charge in [-0.25, -0.2) is 15.0 Å². The molecular formula is C15H20N6. The molecule has 21 heavy (non-hydrogen) atoms. The summed E-state index contributed by atoms with van der Waals surface area (Å²) in [6.07, 6.45) is 0. The van der Waals surface area contributed by atoms with Gasteiger partial charge in [-0.05, 0) is 18.6 Å². The summed E-state index contributed by atoms with van der Waals surface area (Å²) in [5.74, 6) is 1.64. The third-order valence-corrected chi connectivity index (χ3v) is 3.64. The first-order chi connectivity index (χ1) is 9.90. The van der Waals surface area contributed by atoms with E-state index in [0.717, 1.165) is 39.9 Å². The summed E-state index contributed by atoms with van der Waals surface area (Å²) in [6.45, 7) is 2.06. The molecule has 0 saturated heterocycles. The molecule has 0 atom stereocenters. The number of aryl methyl sites for hydroxylation is 2. The van der Waals surface area contributed by atoms with Gasteiger partial charge in [0.2, 0.25) is 11.9 Å². The zero-order valence-electron chi connectivity index (χ0n) is 13.3. The van der Waals surface area contributed by atoms with E-state index in [4.69, 9.17) is 9.97 Å². The Kier molecular flexibility index (Phi) is 2.97. The van der Waals surface area contributed by atoms with Crippen molar-refractivity contribution in [2.45, 2.75) is 6.92 Å². The van der Waals surface area contributed by atoms with Gasteiger partial charge in [0.15, 0.2) is 0 Å². The van der Waals surface area contributed by atoms with Crippen LogP contribution in [0.5, 0.6) is 0 Å². The highest BCUT2D eigenvalue weighted by atomic mass is 15.3. The van der Waals surface area contributed by atoms with E-state index in [-0.39, 0.29) is 0 Å². The highest BCUT2D eigenvalue weighted by Gasteiger charge is 2.21. The van der Waals surface area contributed by atoms with Crippen LogP contribution < -0.4 is 9.80 Å². The fourth-order valence-corrected chi connectivity index (χ4v) is 2.56. The van der Waals surface area contributed by atoms with Crippen molar-refractivity contribution in [2.24, 2.45) is 7.05 Å². The van der Waals surface area contributed by atoms with Crippen molar-refractivity contribution >= 4 is 22.9 Å². The maximum atomic E-state index is 4.71. The van der Waals surface area contributed by atoms with Crippen molar-refractivity contribution in [3.63, 3.8) is 0 Å². The van der Waals surface area contributed by atoms with Crippen LogP contribution in [0, 0.1) is 6.92 Å². The van der Waals surface area contributed by atoms with Gasteiger partial charge in [0, 0.05) is 35.2 Å². The molecular weight excluding hydrogens is 264 g/mol. The van der Waals surface area contributed by atoms with Crippen molar-refractivity contribution in [2.75, 3.05) is 38.0 Å². The summed E-state index contributed by atoms with van der Waals surface area (Å²) in [6, 6.07) is 4.10. The Bertz CT molecular complexity index is 787. The summed E-state index contributed by atoms with van der Waals surface area (Å²) in [5, 5.41) is 0. The van der Waals surface area contributed by atoms with Crippen LogP contribution in [0.4, 0.5) is 11.9 Å². The van der Waals surface area contributed by atoms with E-state index in [2.05, 4.69) is 22.5 Å². The molecule has 0 radical (unpaired) electrons. The average molecular weight is 284 g/mol. The smallest absolute Gasteiger partial charge is 0.226 e. The van der Waals surface area contributed by atoms with Crippen molar-refractivity contribution in [1.29, 1.82) is 0 Å². The van der Waals surface area contributed by atoms with Crippen LogP contribution >= 0.6 is 0 Å². The predicted molar refractivity (Wildman–Crippen MR) is 86.3 cm³/mol. The van der Waals surface area contributed by atoms with Crippen LogP contribution in [0.15, 0.2) is 12.1 Å². The topological polar surface area (TPSA) is 50.1 Å². The highest BCUT2D eigenvalue weighted by Crippen LogP contribution is 2.33. The molecule has 3 rings (SSSR count). The molecule has 2 aliphatic rings. The third-order valence-electron chi connectivity index (χ3n) is 3.64.